The maximum atomic E-state index is 12.5. The molecule has 27 heavy (non-hydrogen) atoms. The number of hydrogen-bond acceptors (Lipinski definition) is 4. The Bertz CT molecular complexity index is 762. The lowest BCUT2D eigenvalue weighted by Gasteiger charge is -2.50. The monoisotopic (exact) mass is 372 g/mol. The topological polar surface area (TPSA) is 66.8 Å². The van der Waals surface area contributed by atoms with E-state index in [-0.39, 0.29) is 23.2 Å². The normalized spacial score (nSPS) is 35.1. The number of carbonyl (C=O) groups is 1. The number of rotatable bonds is 1. The van der Waals surface area contributed by atoms with E-state index in [4.69, 9.17) is 4.74 Å². The first-order valence-electron chi connectivity index (χ1n) is 10.4. The van der Waals surface area contributed by atoms with Crippen LogP contribution in [-0.2, 0) is 11.2 Å². The smallest absolute Gasteiger partial charge is 0.316 e. The minimum Gasteiger partial charge on any atom is -0.508 e. The number of benzene rings is 1. The molecule has 2 N–H and O–H groups in total. The number of aliphatic hydroxyl groups is 1. The molecule has 0 bridgehead atoms. The Labute approximate surface area is 161 Å². The van der Waals surface area contributed by atoms with Gasteiger partial charge in [0.1, 0.15) is 11.5 Å². The molecule has 1 aromatic rings. The van der Waals surface area contributed by atoms with Gasteiger partial charge in [-0.2, -0.15) is 0 Å². The molecular formula is C23H32O4. The quantitative estimate of drug-likeness (QED) is 0.560. The molecule has 4 rings (SSSR count). The lowest BCUT2D eigenvalue weighted by molar-refractivity contribution is -0.143. The fourth-order valence-electron chi connectivity index (χ4n) is 5.98. The van der Waals surface area contributed by atoms with Gasteiger partial charge in [-0.05, 0) is 94.1 Å². The zero-order valence-corrected chi connectivity index (χ0v) is 16.9. The molecule has 0 unspecified atom stereocenters. The number of fused-ring (bicyclic) bond motifs is 5. The summed E-state index contributed by atoms with van der Waals surface area (Å²) in [6, 6.07) is 3.46. The summed E-state index contributed by atoms with van der Waals surface area (Å²) in [5.74, 6) is 1.84. The van der Waals surface area contributed by atoms with E-state index >= 15 is 0 Å². The van der Waals surface area contributed by atoms with Crippen LogP contribution in [-0.4, -0.2) is 22.3 Å². The fourth-order valence-corrected chi connectivity index (χ4v) is 5.98. The highest BCUT2D eigenvalue weighted by Crippen LogP contribution is 2.62. The highest BCUT2D eigenvalue weighted by Gasteiger charge is 2.54. The summed E-state index contributed by atoms with van der Waals surface area (Å²) >= 11 is 0. The van der Waals surface area contributed by atoms with Crippen molar-refractivity contribution in [3.63, 3.8) is 0 Å². The van der Waals surface area contributed by atoms with Crippen molar-refractivity contribution in [2.45, 2.75) is 78.2 Å². The van der Waals surface area contributed by atoms with Gasteiger partial charge in [0, 0.05) is 11.6 Å². The van der Waals surface area contributed by atoms with Crippen molar-refractivity contribution in [1.82, 2.24) is 0 Å². The summed E-state index contributed by atoms with van der Waals surface area (Å²) in [6.45, 7) is 7.80. The summed E-state index contributed by atoms with van der Waals surface area (Å²) in [6.07, 6.45) is 5.79. The van der Waals surface area contributed by atoms with Gasteiger partial charge in [0.25, 0.3) is 0 Å². The van der Waals surface area contributed by atoms with Crippen molar-refractivity contribution in [3.05, 3.63) is 23.3 Å². The zero-order chi connectivity index (χ0) is 19.6. The first kappa shape index (κ1) is 18.8. The van der Waals surface area contributed by atoms with E-state index in [9.17, 15) is 15.0 Å². The van der Waals surface area contributed by atoms with Gasteiger partial charge < -0.3 is 14.9 Å². The molecule has 5 atom stereocenters. The molecule has 0 radical (unpaired) electrons. The SMILES string of the molecule is CC(C)(C)C(=O)Oc1cc(O)cc2c1[C@H]1CC[C@]3(C)[C@@H](O)CC[C@H]3[C@H]1CC2. The van der Waals surface area contributed by atoms with Crippen LogP contribution in [0.4, 0.5) is 0 Å². The maximum Gasteiger partial charge on any atom is 0.316 e. The minimum atomic E-state index is -0.590. The molecule has 0 spiro atoms. The second-order valence-electron chi connectivity index (χ2n) is 10.2. The summed E-state index contributed by atoms with van der Waals surface area (Å²) in [7, 11) is 0. The Morgan fingerprint density at radius 2 is 1.93 bits per heavy atom. The van der Waals surface area contributed by atoms with Crippen molar-refractivity contribution in [3.8, 4) is 11.5 Å². The summed E-state index contributed by atoms with van der Waals surface area (Å²) in [4.78, 5) is 12.5. The number of carbonyl (C=O) groups excluding carboxylic acids is 1. The van der Waals surface area contributed by atoms with E-state index in [1.54, 1.807) is 6.07 Å². The number of hydrogen-bond donors (Lipinski definition) is 2. The van der Waals surface area contributed by atoms with Crippen LogP contribution in [0.3, 0.4) is 0 Å². The Balaban J connectivity index is 1.72. The standard InChI is InChI=1S/C23H32O4/c1-22(2,3)21(26)27-18-12-14(24)11-13-5-6-15-16(20(13)18)9-10-23(4)17(15)7-8-19(23)25/h11-12,15-17,19,24-25H,5-10H2,1-4H3/t15-,16-,17-,19-,23-/m0/s1. The molecule has 2 saturated carbocycles. The van der Waals surface area contributed by atoms with Crippen molar-refractivity contribution in [2.75, 3.05) is 0 Å². The molecule has 3 aliphatic carbocycles. The molecule has 0 aliphatic heterocycles. The van der Waals surface area contributed by atoms with E-state index in [2.05, 4.69) is 6.92 Å². The average molecular weight is 373 g/mol. The third-order valence-electron chi connectivity index (χ3n) is 7.53. The predicted molar refractivity (Wildman–Crippen MR) is 104 cm³/mol. The van der Waals surface area contributed by atoms with Gasteiger partial charge in [-0.3, -0.25) is 4.79 Å². The summed E-state index contributed by atoms with van der Waals surface area (Å²) in [5.41, 5.74) is 1.69. The number of aryl methyl sites for hydroxylation is 1. The molecule has 2 fully saturated rings. The van der Waals surface area contributed by atoms with Crippen molar-refractivity contribution in [2.24, 2.45) is 22.7 Å². The third kappa shape index (κ3) is 2.97. The van der Waals surface area contributed by atoms with Crippen LogP contribution in [0, 0.1) is 22.7 Å². The summed E-state index contributed by atoms with van der Waals surface area (Å²) in [5, 5.41) is 20.7. The predicted octanol–water partition coefficient (Wildman–Crippen LogP) is 4.56. The molecule has 3 aliphatic rings. The molecule has 4 heteroatoms. The van der Waals surface area contributed by atoms with Crippen LogP contribution < -0.4 is 4.74 Å². The third-order valence-corrected chi connectivity index (χ3v) is 7.53. The van der Waals surface area contributed by atoms with Gasteiger partial charge in [-0.15, -0.1) is 0 Å². The van der Waals surface area contributed by atoms with Crippen LogP contribution in [0.1, 0.15) is 76.8 Å². The average Bonchev–Trinajstić information content (AvgIpc) is 2.88. The Hall–Kier alpha value is -1.55. The Kier molecular flexibility index (Phi) is 4.34. The largest absolute Gasteiger partial charge is 0.508 e. The van der Waals surface area contributed by atoms with Crippen LogP contribution in [0.2, 0.25) is 0 Å². The molecular weight excluding hydrogens is 340 g/mol. The molecule has 0 amide bonds. The van der Waals surface area contributed by atoms with Crippen LogP contribution in [0.5, 0.6) is 11.5 Å². The van der Waals surface area contributed by atoms with Gasteiger partial charge in [0.05, 0.1) is 11.5 Å². The van der Waals surface area contributed by atoms with Crippen LogP contribution in [0.25, 0.3) is 0 Å². The van der Waals surface area contributed by atoms with E-state index in [0.29, 0.717) is 23.5 Å². The lowest BCUT2D eigenvalue weighted by atomic mass is 9.55. The summed E-state index contributed by atoms with van der Waals surface area (Å²) < 4.78 is 5.82. The molecule has 0 heterocycles. The number of esters is 1. The number of aliphatic hydroxyl groups excluding tert-OH is 1. The first-order chi connectivity index (χ1) is 12.6. The second kappa shape index (κ2) is 6.23. The first-order valence-corrected chi connectivity index (χ1v) is 10.4. The van der Waals surface area contributed by atoms with E-state index in [1.807, 2.05) is 26.8 Å². The second-order valence-corrected chi connectivity index (χ2v) is 10.2. The van der Waals surface area contributed by atoms with Crippen molar-refractivity contribution < 1.29 is 19.7 Å². The Morgan fingerprint density at radius 3 is 2.63 bits per heavy atom. The van der Waals surface area contributed by atoms with E-state index in [0.717, 1.165) is 49.7 Å². The highest BCUT2D eigenvalue weighted by atomic mass is 16.5. The highest BCUT2D eigenvalue weighted by molar-refractivity contribution is 5.78. The Morgan fingerprint density at radius 1 is 1.19 bits per heavy atom. The van der Waals surface area contributed by atoms with Gasteiger partial charge in [-0.25, -0.2) is 0 Å². The van der Waals surface area contributed by atoms with Crippen LogP contribution >= 0.6 is 0 Å². The molecule has 1 aromatic carbocycles. The number of ether oxygens (including phenoxy) is 1. The van der Waals surface area contributed by atoms with Crippen LogP contribution in [0.15, 0.2) is 12.1 Å². The van der Waals surface area contributed by atoms with Gasteiger partial charge >= 0.3 is 5.97 Å². The van der Waals surface area contributed by atoms with Gasteiger partial charge in [0.15, 0.2) is 0 Å². The molecule has 4 nitrogen and oxygen atoms in total. The fraction of sp³-hybridized carbons (Fsp3) is 0.696. The number of aromatic hydroxyl groups is 1. The van der Waals surface area contributed by atoms with E-state index in [1.165, 1.54) is 0 Å². The van der Waals surface area contributed by atoms with E-state index < -0.39 is 5.41 Å². The zero-order valence-electron chi connectivity index (χ0n) is 16.9. The van der Waals surface area contributed by atoms with Gasteiger partial charge in [0.2, 0.25) is 0 Å². The maximum absolute atomic E-state index is 12.5. The number of phenolic OH excluding ortho intramolecular Hbond substituents is 1. The lowest BCUT2D eigenvalue weighted by Crippen LogP contribution is -2.44. The molecule has 0 aromatic heterocycles. The van der Waals surface area contributed by atoms with Gasteiger partial charge in [-0.1, -0.05) is 6.92 Å². The number of phenols is 1. The van der Waals surface area contributed by atoms with Crippen molar-refractivity contribution in [1.29, 1.82) is 0 Å². The minimum absolute atomic E-state index is 0.0256. The molecule has 0 saturated heterocycles. The molecule has 148 valence electrons. The van der Waals surface area contributed by atoms with Crippen molar-refractivity contribution >= 4 is 5.97 Å².